The Morgan fingerprint density at radius 2 is 2.05 bits per heavy atom. The van der Waals surface area contributed by atoms with E-state index in [-0.39, 0.29) is 31.3 Å². The molecule has 0 heterocycles. The highest BCUT2D eigenvalue weighted by molar-refractivity contribution is 5.79. The third kappa shape index (κ3) is 4.91. The Labute approximate surface area is 119 Å². The van der Waals surface area contributed by atoms with Gasteiger partial charge in [0.05, 0.1) is 20.0 Å². The van der Waals surface area contributed by atoms with Crippen LogP contribution in [0, 0.1) is 0 Å². The summed E-state index contributed by atoms with van der Waals surface area (Å²) in [5.41, 5.74) is 0.857. The molecule has 0 fully saturated rings. The van der Waals surface area contributed by atoms with E-state index in [9.17, 15) is 9.59 Å². The van der Waals surface area contributed by atoms with E-state index >= 15 is 0 Å². The monoisotopic (exact) mass is 279 g/mol. The summed E-state index contributed by atoms with van der Waals surface area (Å²) in [6.45, 7) is 3.99. The van der Waals surface area contributed by atoms with Crippen molar-refractivity contribution in [3.05, 3.63) is 29.8 Å². The molecule has 0 aliphatic heterocycles. The summed E-state index contributed by atoms with van der Waals surface area (Å²) in [6.07, 6.45) is 0.205. The molecule has 0 radical (unpaired) electrons. The Bertz CT molecular complexity index is 471. The van der Waals surface area contributed by atoms with Gasteiger partial charge < -0.3 is 14.7 Å². The summed E-state index contributed by atoms with van der Waals surface area (Å²) >= 11 is 0. The molecule has 20 heavy (non-hydrogen) atoms. The first-order chi connectivity index (χ1) is 9.43. The number of carboxylic acids is 1. The van der Waals surface area contributed by atoms with Crippen LogP contribution < -0.4 is 4.74 Å². The summed E-state index contributed by atoms with van der Waals surface area (Å²) in [5.74, 6) is -0.267. The zero-order valence-electron chi connectivity index (χ0n) is 12.1. The van der Waals surface area contributed by atoms with Crippen LogP contribution in [0.5, 0.6) is 5.75 Å². The van der Waals surface area contributed by atoms with Crippen molar-refractivity contribution < 1.29 is 19.4 Å². The molecule has 0 bridgehead atoms. The fraction of sp³-hybridized carbons (Fsp3) is 0.467. The van der Waals surface area contributed by atoms with Crippen molar-refractivity contribution in [3.8, 4) is 5.75 Å². The maximum Gasteiger partial charge on any atom is 0.305 e. The van der Waals surface area contributed by atoms with E-state index in [0.717, 1.165) is 5.56 Å². The Morgan fingerprint density at radius 3 is 2.60 bits per heavy atom. The Kier molecular flexibility index (Phi) is 6.03. The summed E-state index contributed by atoms with van der Waals surface area (Å²) in [6, 6.07) is 7.30. The highest BCUT2D eigenvalue weighted by atomic mass is 16.5. The summed E-state index contributed by atoms with van der Waals surface area (Å²) < 4.78 is 5.12. The molecule has 5 nitrogen and oxygen atoms in total. The van der Waals surface area contributed by atoms with Crippen LogP contribution in [0.1, 0.15) is 25.8 Å². The number of nitrogens with zero attached hydrogens (tertiary/aromatic N) is 1. The lowest BCUT2D eigenvalue weighted by Crippen LogP contribution is -2.39. The van der Waals surface area contributed by atoms with Crippen molar-refractivity contribution in [2.24, 2.45) is 0 Å². The first kappa shape index (κ1) is 16.0. The number of hydrogen-bond donors (Lipinski definition) is 1. The van der Waals surface area contributed by atoms with Crippen LogP contribution in [-0.4, -0.2) is 41.6 Å². The van der Waals surface area contributed by atoms with E-state index in [2.05, 4.69) is 0 Å². The predicted octanol–water partition coefficient (Wildman–Crippen LogP) is 1.95. The number of carboxylic acid groups (broad SMARTS) is 1. The normalized spacial score (nSPS) is 10.4. The number of hydrogen-bond acceptors (Lipinski definition) is 3. The second-order valence-corrected chi connectivity index (χ2v) is 4.85. The van der Waals surface area contributed by atoms with Gasteiger partial charge in [-0.15, -0.1) is 0 Å². The van der Waals surface area contributed by atoms with Crippen LogP contribution in [0.3, 0.4) is 0 Å². The molecule has 1 rings (SSSR count). The van der Waals surface area contributed by atoms with Crippen molar-refractivity contribution in [2.45, 2.75) is 32.7 Å². The van der Waals surface area contributed by atoms with Crippen LogP contribution in [-0.2, 0) is 16.0 Å². The number of amides is 1. The fourth-order valence-corrected chi connectivity index (χ4v) is 1.95. The fourth-order valence-electron chi connectivity index (χ4n) is 1.95. The predicted molar refractivity (Wildman–Crippen MR) is 75.8 cm³/mol. The summed E-state index contributed by atoms with van der Waals surface area (Å²) in [5, 5.41) is 8.73. The highest BCUT2D eigenvalue weighted by Crippen LogP contribution is 2.14. The standard InChI is InChI=1S/C15H21NO4/c1-11(2)16(8-7-15(18)19)14(17)10-12-5-4-6-13(9-12)20-3/h4-6,9,11H,7-8,10H2,1-3H3,(H,18,19). The third-order valence-electron chi connectivity index (χ3n) is 3.00. The van der Waals surface area contributed by atoms with E-state index < -0.39 is 5.97 Å². The van der Waals surface area contributed by atoms with Gasteiger partial charge in [0.15, 0.2) is 0 Å². The van der Waals surface area contributed by atoms with E-state index in [1.807, 2.05) is 38.1 Å². The lowest BCUT2D eigenvalue weighted by atomic mass is 10.1. The lowest BCUT2D eigenvalue weighted by Gasteiger charge is -2.26. The number of aliphatic carboxylic acids is 1. The highest BCUT2D eigenvalue weighted by Gasteiger charge is 2.18. The van der Waals surface area contributed by atoms with Gasteiger partial charge in [-0.05, 0) is 31.5 Å². The summed E-state index contributed by atoms with van der Waals surface area (Å²) in [4.78, 5) is 24.5. The molecule has 0 saturated carbocycles. The number of benzene rings is 1. The van der Waals surface area contributed by atoms with Crippen molar-refractivity contribution in [3.63, 3.8) is 0 Å². The smallest absolute Gasteiger partial charge is 0.305 e. The molecule has 0 spiro atoms. The quantitative estimate of drug-likeness (QED) is 0.828. The van der Waals surface area contributed by atoms with Gasteiger partial charge in [0.2, 0.25) is 5.91 Å². The molecule has 1 aromatic rings. The molecule has 1 aromatic carbocycles. The first-order valence-corrected chi connectivity index (χ1v) is 6.58. The van der Waals surface area contributed by atoms with Gasteiger partial charge in [0.1, 0.15) is 5.75 Å². The zero-order valence-corrected chi connectivity index (χ0v) is 12.1. The molecule has 5 heteroatoms. The molecule has 0 saturated heterocycles. The van der Waals surface area contributed by atoms with Gasteiger partial charge in [-0.25, -0.2) is 0 Å². The average molecular weight is 279 g/mol. The van der Waals surface area contributed by atoms with Crippen LogP contribution in [0.2, 0.25) is 0 Å². The molecule has 0 atom stereocenters. The van der Waals surface area contributed by atoms with E-state index in [0.29, 0.717) is 5.75 Å². The average Bonchev–Trinajstić information content (AvgIpc) is 2.38. The van der Waals surface area contributed by atoms with E-state index in [1.54, 1.807) is 12.0 Å². The molecule has 0 aromatic heterocycles. The molecule has 1 amide bonds. The van der Waals surface area contributed by atoms with Gasteiger partial charge in [0, 0.05) is 12.6 Å². The first-order valence-electron chi connectivity index (χ1n) is 6.58. The Balaban J connectivity index is 2.72. The second kappa shape index (κ2) is 7.53. The summed E-state index contributed by atoms with van der Waals surface area (Å²) in [7, 11) is 1.58. The van der Waals surface area contributed by atoms with Gasteiger partial charge in [0.25, 0.3) is 0 Å². The van der Waals surface area contributed by atoms with Crippen molar-refractivity contribution in [1.29, 1.82) is 0 Å². The van der Waals surface area contributed by atoms with Crippen LogP contribution in [0.25, 0.3) is 0 Å². The third-order valence-corrected chi connectivity index (χ3v) is 3.00. The van der Waals surface area contributed by atoms with Crippen molar-refractivity contribution >= 4 is 11.9 Å². The van der Waals surface area contributed by atoms with E-state index in [4.69, 9.17) is 9.84 Å². The molecule has 0 unspecified atom stereocenters. The number of methoxy groups -OCH3 is 1. The SMILES string of the molecule is COc1cccc(CC(=O)N(CCC(=O)O)C(C)C)c1. The van der Waals surface area contributed by atoms with Gasteiger partial charge >= 0.3 is 5.97 Å². The second-order valence-electron chi connectivity index (χ2n) is 4.85. The molecular formula is C15H21NO4. The minimum Gasteiger partial charge on any atom is -0.497 e. The minimum absolute atomic E-state index is 0.0209. The lowest BCUT2D eigenvalue weighted by molar-refractivity contribution is -0.139. The number of carbonyl (C=O) groups is 2. The minimum atomic E-state index is -0.898. The number of carbonyl (C=O) groups excluding carboxylic acids is 1. The van der Waals surface area contributed by atoms with Crippen LogP contribution in [0.15, 0.2) is 24.3 Å². The van der Waals surface area contributed by atoms with Crippen molar-refractivity contribution in [2.75, 3.05) is 13.7 Å². The van der Waals surface area contributed by atoms with Gasteiger partial charge in [-0.3, -0.25) is 9.59 Å². The molecule has 110 valence electrons. The molecule has 1 N–H and O–H groups in total. The van der Waals surface area contributed by atoms with Crippen molar-refractivity contribution in [1.82, 2.24) is 4.90 Å². The maximum absolute atomic E-state index is 12.3. The number of rotatable bonds is 7. The zero-order chi connectivity index (χ0) is 15.1. The maximum atomic E-state index is 12.3. The van der Waals surface area contributed by atoms with Gasteiger partial charge in [-0.1, -0.05) is 12.1 Å². The molecule has 0 aliphatic carbocycles. The largest absolute Gasteiger partial charge is 0.497 e. The molecule has 0 aliphatic rings. The topological polar surface area (TPSA) is 66.8 Å². The Morgan fingerprint density at radius 1 is 1.35 bits per heavy atom. The van der Waals surface area contributed by atoms with Crippen LogP contribution >= 0.6 is 0 Å². The van der Waals surface area contributed by atoms with E-state index in [1.165, 1.54) is 0 Å². The molecular weight excluding hydrogens is 258 g/mol. The van der Waals surface area contributed by atoms with Gasteiger partial charge in [-0.2, -0.15) is 0 Å². The number of ether oxygens (including phenoxy) is 1. The Hall–Kier alpha value is -2.04. The van der Waals surface area contributed by atoms with Crippen LogP contribution in [0.4, 0.5) is 0 Å².